The number of rotatable bonds is 4. The van der Waals surface area contributed by atoms with Gasteiger partial charge in [-0.05, 0) is 12.5 Å². The Morgan fingerprint density at radius 1 is 1.40 bits per heavy atom. The van der Waals surface area contributed by atoms with Gasteiger partial charge in [0.1, 0.15) is 0 Å². The molecule has 1 atom stereocenters. The number of nitrogens with zero attached hydrogens (tertiary/aromatic N) is 3. The number of hydrogen-bond acceptors (Lipinski definition) is 4. The first-order valence-corrected chi connectivity index (χ1v) is 6.76. The molecule has 1 aromatic rings. The minimum atomic E-state index is -0.346. The van der Waals surface area contributed by atoms with E-state index >= 15 is 0 Å². The standard InChI is InChI=1S/C15H19N3O2/c1-3-7-16-8-10-17(11-9-16)13(2)14-5-4-6-15(12-14)18(19)20/h1,4-6,12-13H,7-11H2,2H3. The Balaban J connectivity index is 2.02. The van der Waals surface area contributed by atoms with Crippen molar-refractivity contribution >= 4 is 5.69 Å². The summed E-state index contributed by atoms with van der Waals surface area (Å²) in [4.78, 5) is 15.1. The molecule has 5 heteroatoms. The number of benzene rings is 1. The average molecular weight is 273 g/mol. The zero-order valence-corrected chi connectivity index (χ0v) is 11.7. The van der Waals surface area contributed by atoms with Crippen molar-refractivity contribution in [3.05, 3.63) is 39.9 Å². The maximum absolute atomic E-state index is 10.8. The number of nitro benzene ring substituents is 1. The molecule has 1 saturated heterocycles. The van der Waals surface area contributed by atoms with Crippen LogP contribution in [0.3, 0.4) is 0 Å². The van der Waals surface area contributed by atoms with Gasteiger partial charge in [0.25, 0.3) is 5.69 Å². The van der Waals surface area contributed by atoms with Gasteiger partial charge in [0.2, 0.25) is 0 Å². The molecule has 0 aliphatic carbocycles. The third kappa shape index (κ3) is 3.35. The minimum Gasteiger partial charge on any atom is -0.294 e. The number of piperazine rings is 1. The molecular weight excluding hydrogens is 254 g/mol. The molecule has 0 bridgehead atoms. The Bertz CT molecular complexity index is 516. The van der Waals surface area contributed by atoms with Gasteiger partial charge in [-0.15, -0.1) is 6.42 Å². The summed E-state index contributed by atoms with van der Waals surface area (Å²) in [6.07, 6.45) is 5.32. The molecule has 5 nitrogen and oxygen atoms in total. The highest BCUT2D eigenvalue weighted by atomic mass is 16.6. The second-order valence-electron chi connectivity index (χ2n) is 5.04. The molecule has 1 aromatic carbocycles. The highest BCUT2D eigenvalue weighted by molar-refractivity contribution is 5.35. The maximum Gasteiger partial charge on any atom is 0.269 e. The highest BCUT2D eigenvalue weighted by Crippen LogP contribution is 2.24. The van der Waals surface area contributed by atoms with Crippen LogP contribution in [0.5, 0.6) is 0 Å². The molecule has 1 fully saturated rings. The van der Waals surface area contributed by atoms with Gasteiger partial charge in [-0.2, -0.15) is 0 Å². The third-order valence-electron chi connectivity index (χ3n) is 3.83. The van der Waals surface area contributed by atoms with Crippen LogP contribution in [0.2, 0.25) is 0 Å². The summed E-state index contributed by atoms with van der Waals surface area (Å²) in [7, 11) is 0. The van der Waals surface area contributed by atoms with E-state index in [1.165, 1.54) is 6.07 Å². The molecule has 0 spiro atoms. The number of non-ortho nitro benzene ring substituents is 1. The largest absolute Gasteiger partial charge is 0.294 e. The van der Waals surface area contributed by atoms with E-state index in [9.17, 15) is 10.1 Å². The van der Waals surface area contributed by atoms with Gasteiger partial charge >= 0.3 is 0 Å². The third-order valence-corrected chi connectivity index (χ3v) is 3.83. The van der Waals surface area contributed by atoms with Crippen LogP contribution in [-0.4, -0.2) is 47.4 Å². The lowest BCUT2D eigenvalue weighted by Crippen LogP contribution is -2.47. The van der Waals surface area contributed by atoms with Crippen molar-refractivity contribution < 1.29 is 4.92 Å². The fourth-order valence-electron chi connectivity index (χ4n) is 2.55. The van der Waals surface area contributed by atoms with Crippen molar-refractivity contribution in [3.8, 4) is 12.3 Å². The van der Waals surface area contributed by atoms with Gasteiger partial charge in [0.05, 0.1) is 11.5 Å². The van der Waals surface area contributed by atoms with Crippen molar-refractivity contribution in [2.75, 3.05) is 32.7 Å². The van der Waals surface area contributed by atoms with Gasteiger partial charge in [0.15, 0.2) is 0 Å². The molecule has 0 N–H and O–H groups in total. The van der Waals surface area contributed by atoms with Crippen molar-refractivity contribution in [1.82, 2.24) is 9.80 Å². The van der Waals surface area contributed by atoms with Crippen LogP contribution in [-0.2, 0) is 0 Å². The predicted molar refractivity (Wildman–Crippen MR) is 78.4 cm³/mol. The van der Waals surface area contributed by atoms with Crippen LogP contribution in [0.15, 0.2) is 24.3 Å². The van der Waals surface area contributed by atoms with Crippen molar-refractivity contribution in [1.29, 1.82) is 0 Å². The molecule has 0 amide bonds. The van der Waals surface area contributed by atoms with Crippen LogP contribution in [0.1, 0.15) is 18.5 Å². The Labute approximate surface area is 119 Å². The van der Waals surface area contributed by atoms with E-state index in [4.69, 9.17) is 6.42 Å². The number of terminal acetylenes is 1. The summed E-state index contributed by atoms with van der Waals surface area (Å²) < 4.78 is 0. The van der Waals surface area contributed by atoms with E-state index in [-0.39, 0.29) is 16.7 Å². The summed E-state index contributed by atoms with van der Waals surface area (Å²) in [5.41, 5.74) is 1.14. The van der Waals surface area contributed by atoms with Gasteiger partial charge in [-0.25, -0.2) is 0 Å². The number of hydrogen-bond donors (Lipinski definition) is 0. The van der Waals surface area contributed by atoms with Crippen LogP contribution < -0.4 is 0 Å². The Morgan fingerprint density at radius 3 is 2.70 bits per heavy atom. The van der Waals surface area contributed by atoms with Crippen molar-refractivity contribution in [3.63, 3.8) is 0 Å². The molecule has 20 heavy (non-hydrogen) atoms. The lowest BCUT2D eigenvalue weighted by molar-refractivity contribution is -0.385. The zero-order valence-electron chi connectivity index (χ0n) is 11.7. The molecule has 1 aliphatic rings. The first kappa shape index (κ1) is 14.5. The van der Waals surface area contributed by atoms with Gasteiger partial charge in [-0.1, -0.05) is 18.1 Å². The molecule has 106 valence electrons. The quantitative estimate of drug-likeness (QED) is 0.477. The maximum atomic E-state index is 10.8. The summed E-state index contributed by atoms with van der Waals surface area (Å²) >= 11 is 0. The van der Waals surface area contributed by atoms with E-state index in [1.807, 2.05) is 6.07 Å². The Morgan fingerprint density at radius 2 is 2.10 bits per heavy atom. The molecule has 0 radical (unpaired) electrons. The van der Waals surface area contributed by atoms with Crippen molar-refractivity contribution in [2.24, 2.45) is 0 Å². The van der Waals surface area contributed by atoms with Gasteiger partial charge < -0.3 is 0 Å². The Hall–Kier alpha value is -1.90. The highest BCUT2D eigenvalue weighted by Gasteiger charge is 2.22. The summed E-state index contributed by atoms with van der Waals surface area (Å²) in [6.45, 7) is 6.55. The summed E-state index contributed by atoms with van der Waals surface area (Å²) in [5.74, 6) is 2.67. The fraction of sp³-hybridized carbons (Fsp3) is 0.467. The SMILES string of the molecule is C#CCN1CCN(C(C)c2cccc([N+](=O)[O-])c2)CC1. The lowest BCUT2D eigenvalue weighted by atomic mass is 10.1. The molecule has 0 saturated carbocycles. The van der Waals surface area contributed by atoms with E-state index in [0.29, 0.717) is 6.54 Å². The molecule has 1 aliphatic heterocycles. The molecule has 2 rings (SSSR count). The van der Waals surface area contributed by atoms with E-state index in [1.54, 1.807) is 12.1 Å². The minimum absolute atomic E-state index is 0.153. The van der Waals surface area contributed by atoms with Crippen LogP contribution in [0, 0.1) is 22.5 Å². The number of nitro groups is 1. The van der Waals surface area contributed by atoms with Crippen LogP contribution >= 0.6 is 0 Å². The Kier molecular flexibility index (Phi) is 4.72. The summed E-state index contributed by atoms with van der Waals surface area (Å²) in [5, 5.41) is 10.8. The topological polar surface area (TPSA) is 49.6 Å². The normalized spacial score (nSPS) is 18.4. The van der Waals surface area contributed by atoms with Crippen LogP contribution in [0.25, 0.3) is 0 Å². The second-order valence-corrected chi connectivity index (χ2v) is 5.04. The van der Waals surface area contributed by atoms with E-state index < -0.39 is 0 Å². The zero-order chi connectivity index (χ0) is 14.5. The first-order chi connectivity index (χ1) is 9.61. The van der Waals surface area contributed by atoms with Gasteiger partial charge in [0, 0.05) is 44.4 Å². The van der Waals surface area contributed by atoms with Crippen molar-refractivity contribution in [2.45, 2.75) is 13.0 Å². The molecule has 1 unspecified atom stereocenters. The average Bonchev–Trinajstić information content (AvgIpc) is 2.48. The second kappa shape index (κ2) is 6.51. The van der Waals surface area contributed by atoms with Gasteiger partial charge in [-0.3, -0.25) is 19.9 Å². The first-order valence-electron chi connectivity index (χ1n) is 6.76. The summed E-state index contributed by atoms with van der Waals surface area (Å²) in [6, 6.07) is 7.08. The molecule has 1 heterocycles. The predicted octanol–water partition coefficient (Wildman–Crippen LogP) is 1.91. The molecular formula is C15H19N3O2. The van der Waals surface area contributed by atoms with E-state index in [2.05, 4.69) is 22.6 Å². The van der Waals surface area contributed by atoms with E-state index in [0.717, 1.165) is 31.7 Å². The lowest BCUT2D eigenvalue weighted by Gasteiger charge is -2.37. The fourth-order valence-corrected chi connectivity index (χ4v) is 2.55. The smallest absolute Gasteiger partial charge is 0.269 e. The van der Waals surface area contributed by atoms with Crippen LogP contribution in [0.4, 0.5) is 5.69 Å². The molecule has 0 aromatic heterocycles. The monoisotopic (exact) mass is 273 g/mol.